The third-order valence-electron chi connectivity index (χ3n) is 4.21. The Hall–Kier alpha value is -1.09. The highest BCUT2D eigenvalue weighted by molar-refractivity contribution is 14.0. The molecular formula is C17H25ClFIN4O. The van der Waals surface area contributed by atoms with E-state index in [-0.39, 0.29) is 41.6 Å². The fraction of sp³-hybridized carbons (Fsp3) is 0.529. The highest BCUT2D eigenvalue weighted by atomic mass is 127. The SMILES string of the molecule is CN=C(NCCc1ccc(F)cc1Cl)N1CCCC(CC(N)=O)C1.I. The average Bonchev–Trinajstić information content (AvgIpc) is 2.53. The van der Waals surface area contributed by atoms with E-state index >= 15 is 0 Å². The van der Waals surface area contributed by atoms with Crippen molar-refractivity contribution in [3.05, 3.63) is 34.6 Å². The smallest absolute Gasteiger partial charge is 0.217 e. The van der Waals surface area contributed by atoms with Crippen LogP contribution in [0.15, 0.2) is 23.2 Å². The van der Waals surface area contributed by atoms with Crippen LogP contribution in [-0.2, 0) is 11.2 Å². The Labute approximate surface area is 170 Å². The molecular weight excluding hydrogens is 458 g/mol. The molecule has 1 unspecified atom stereocenters. The highest BCUT2D eigenvalue weighted by Gasteiger charge is 2.23. The zero-order valence-electron chi connectivity index (χ0n) is 14.3. The van der Waals surface area contributed by atoms with Crippen LogP contribution in [0.2, 0.25) is 5.02 Å². The Morgan fingerprint density at radius 3 is 2.92 bits per heavy atom. The maximum absolute atomic E-state index is 13.1. The van der Waals surface area contributed by atoms with Crippen molar-refractivity contribution in [3.63, 3.8) is 0 Å². The molecule has 140 valence electrons. The zero-order chi connectivity index (χ0) is 17.5. The maximum Gasteiger partial charge on any atom is 0.217 e. The van der Waals surface area contributed by atoms with Crippen LogP contribution in [-0.4, -0.2) is 43.4 Å². The number of piperidine rings is 1. The number of likely N-dealkylation sites (tertiary alicyclic amines) is 1. The van der Waals surface area contributed by atoms with Crippen molar-refractivity contribution in [2.75, 3.05) is 26.7 Å². The number of guanidine groups is 1. The number of carbonyl (C=O) groups is 1. The van der Waals surface area contributed by atoms with E-state index < -0.39 is 0 Å². The molecule has 1 heterocycles. The van der Waals surface area contributed by atoms with Crippen molar-refractivity contribution >= 4 is 47.4 Å². The van der Waals surface area contributed by atoms with Crippen LogP contribution >= 0.6 is 35.6 Å². The summed E-state index contributed by atoms with van der Waals surface area (Å²) in [6.07, 6.45) is 3.12. The predicted octanol–water partition coefficient (Wildman–Crippen LogP) is 2.80. The van der Waals surface area contributed by atoms with Crippen LogP contribution in [0.25, 0.3) is 0 Å². The number of benzene rings is 1. The molecule has 1 saturated heterocycles. The fourth-order valence-corrected chi connectivity index (χ4v) is 3.34. The number of primary amides is 1. The van der Waals surface area contributed by atoms with E-state index in [1.165, 1.54) is 12.1 Å². The molecule has 0 aliphatic carbocycles. The van der Waals surface area contributed by atoms with E-state index in [4.69, 9.17) is 17.3 Å². The molecule has 0 radical (unpaired) electrons. The topological polar surface area (TPSA) is 70.7 Å². The van der Waals surface area contributed by atoms with Gasteiger partial charge in [0.1, 0.15) is 5.82 Å². The Morgan fingerprint density at radius 2 is 2.28 bits per heavy atom. The van der Waals surface area contributed by atoms with Crippen molar-refractivity contribution < 1.29 is 9.18 Å². The van der Waals surface area contributed by atoms with Gasteiger partial charge in [-0.2, -0.15) is 0 Å². The number of aliphatic imine (C=N–C) groups is 1. The predicted molar refractivity (Wildman–Crippen MR) is 110 cm³/mol. The molecule has 5 nitrogen and oxygen atoms in total. The van der Waals surface area contributed by atoms with E-state index in [1.807, 2.05) is 0 Å². The van der Waals surface area contributed by atoms with Gasteiger partial charge in [-0.1, -0.05) is 17.7 Å². The fourth-order valence-electron chi connectivity index (χ4n) is 3.07. The molecule has 0 bridgehead atoms. The minimum Gasteiger partial charge on any atom is -0.370 e. The summed E-state index contributed by atoms with van der Waals surface area (Å²) in [6.45, 7) is 2.33. The van der Waals surface area contributed by atoms with Gasteiger partial charge in [0.15, 0.2) is 5.96 Å². The third-order valence-corrected chi connectivity index (χ3v) is 4.56. The lowest BCUT2D eigenvalue weighted by Gasteiger charge is -2.34. The summed E-state index contributed by atoms with van der Waals surface area (Å²) >= 11 is 6.04. The number of carbonyl (C=O) groups excluding carboxylic acids is 1. The first-order valence-electron chi connectivity index (χ1n) is 8.17. The van der Waals surface area contributed by atoms with Crippen molar-refractivity contribution in [1.29, 1.82) is 0 Å². The molecule has 25 heavy (non-hydrogen) atoms. The minimum absolute atomic E-state index is 0. The second-order valence-corrected chi connectivity index (χ2v) is 6.49. The third kappa shape index (κ3) is 6.97. The molecule has 0 spiro atoms. The van der Waals surface area contributed by atoms with Gasteiger partial charge in [0.25, 0.3) is 0 Å². The molecule has 1 aromatic rings. The number of rotatable bonds is 5. The van der Waals surface area contributed by atoms with E-state index in [0.717, 1.165) is 37.5 Å². The molecule has 8 heteroatoms. The summed E-state index contributed by atoms with van der Waals surface area (Å²) in [5.74, 6) is 0.501. The van der Waals surface area contributed by atoms with Crippen LogP contribution in [0, 0.1) is 11.7 Å². The van der Waals surface area contributed by atoms with Crippen LogP contribution in [0.4, 0.5) is 4.39 Å². The number of nitrogens with zero attached hydrogens (tertiary/aromatic N) is 2. The van der Waals surface area contributed by atoms with Crippen molar-refractivity contribution in [2.45, 2.75) is 25.7 Å². The first kappa shape index (κ1) is 22.0. The van der Waals surface area contributed by atoms with E-state index in [1.54, 1.807) is 13.1 Å². The number of nitrogens with one attached hydrogen (secondary N) is 1. The number of amides is 1. The Bertz CT molecular complexity index is 614. The quantitative estimate of drug-likeness (QED) is 0.385. The Morgan fingerprint density at radius 1 is 1.52 bits per heavy atom. The van der Waals surface area contributed by atoms with Crippen LogP contribution < -0.4 is 11.1 Å². The molecule has 2 rings (SSSR count). The largest absolute Gasteiger partial charge is 0.370 e. The van der Waals surface area contributed by atoms with Crippen molar-refractivity contribution in [2.24, 2.45) is 16.6 Å². The summed E-state index contributed by atoms with van der Waals surface area (Å²) in [6, 6.07) is 4.44. The molecule has 3 N–H and O–H groups in total. The molecule has 1 atom stereocenters. The lowest BCUT2D eigenvalue weighted by molar-refractivity contribution is -0.119. The summed E-state index contributed by atoms with van der Waals surface area (Å²) in [7, 11) is 1.74. The summed E-state index contributed by atoms with van der Waals surface area (Å²) in [5, 5.41) is 3.75. The van der Waals surface area contributed by atoms with Crippen molar-refractivity contribution in [1.82, 2.24) is 10.2 Å². The van der Waals surface area contributed by atoms with Gasteiger partial charge in [-0.25, -0.2) is 4.39 Å². The molecule has 1 fully saturated rings. The average molecular weight is 483 g/mol. The van der Waals surface area contributed by atoms with Gasteiger partial charge in [0.05, 0.1) is 0 Å². The number of nitrogens with two attached hydrogens (primary N) is 1. The Kier molecular flexibility index (Phi) is 9.48. The second-order valence-electron chi connectivity index (χ2n) is 6.08. The van der Waals surface area contributed by atoms with Gasteiger partial charge in [0, 0.05) is 38.1 Å². The molecule has 1 aliphatic rings. The second kappa shape index (κ2) is 10.8. The minimum atomic E-state index is -0.332. The van der Waals surface area contributed by atoms with Gasteiger partial charge in [-0.05, 0) is 42.9 Å². The van der Waals surface area contributed by atoms with Gasteiger partial charge in [-0.15, -0.1) is 24.0 Å². The van der Waals surface area contributed by atoms with E-state index in [9.17, 15) is 9.18 Å². The van der Waals surface area contributed by atoms with E-state index in [2.05, 4.69) is 15.2 Å². The normalized spacial score (nSPS) is 17.8. The molecule has 0 saturated carbocycles. The number of hydrogen-bond acceptors (Lipinski definition) is 2. The van der Waals surface area contributed by atoms with Gasteiger partial charge < -0.3 is 16.0 Å². The maximum atomic E-state index is 13.1. The first-order chi connectivity index (χ1) is 11.5. The number of hydrogen-bond donors (Lipinski definition) is 2. The van der Waals surface area contributed by atoms with Crippen LogP contribution in [0.3, 0.4) is 0 Å². The lowest BCUT2D eigenvalue weighted by atomic mass is 9.95. The summed E-state index contributed by atoms with van der Waals surface area (Å²) in [5.41, 5.74) is 6.20. The summed E-state index contributed by atoms with van der Waals surface area (Å²) in [4.78, 5) is 17.6. The van der Waals surface area contributed by atoms with Gasteiger partial charge in [-0.3, -0.25) is 9.79 Å². The van der Waals surface area contributed by atoms with Crippen LogP contribution in [0.5, 0.6) is 0 Å². The monoisotopic (exact) mass is 482 g/mol. The van der Waals surface area contributed by atoms with Crippen LogP contribution in [0.1, 0.15) is 24.8 Å². The summed E-state index contributed by atoms with van der Waals surface area (Å²) < 4.78 is 13.1. The lowest BCUT2D eigenvalue weighted by Crippen LogP contribution is -2.47. The standard InChI is InChI=1S/C17H24ClFN4O.HI/c1-21-17(23-8-2-3-12(11-23)9-16(20)24)22-7-6-13-4-5-14(19)10-15(13)18;/h4-5,10,12H,2-3,6-9,11H2,1H3,(H2,20,24)(H,21,22);1H. The molecule has 1 aliphatic heterocycles. The first-order valence-corrected chi connectivity index (χ1v) is 8.55. The van der Waals surface area contributed by atoms with Crippen molar-refractivity contribution in [3.8, 4) is 0 Å². The Balaban J connectivity index is 0.00000312. The highest BCUT2D eigenvalue weighted by Crippen LogP contribution is 2.20. The molecule has 1 aromatic carbocycles. The van der Waals surface area contributed by atoms with Gasteiger partial charge in [0.2, 0.25) is 5.91 Å². The number of halogens is 3. The molecule has 0 aromatic heterocycles. The van der Waals surface area contributed by atoms with E-state index in [0.29, 0.717) is 24.4 Å². The van der Waals surface area contributed by atoms with Gasteiger partial charge >= 0.3 is 0 Å². The molecule has 1 amide bonds. The zero-order valence-corrected chi connectivity index (χ0v) is 17.4.